The highest BCUT2D eigenvalue weighted by Crippen LogP contribution is 2.25. The third-order valence-corrected chi connectivity index (χ3v) is 4.60. The van der Waals surface area contributed by atoms with Crippen LogP contribution in [-0.2, 0) is 9.53 Å². The number of furan rings is 1. The van der Waals surface area contributed by atoms with E-state index < -0.39 is 0 Å². The lowest BCUT2D eigenvalue weighted by molar-refractivity contribution is -0.143. The number of halogens is 1. The number of rotatable bonds is 6. The molecule has 1 aliphatic carbocycles. The normalized spacial score (nSPS) is 15.9. The number of hydrogen-bond acceptors (Lipinski definition) is 4. The number of nitrogens with zero attached hydrogens (tertiary/aromatic N) is 1. The molecule has 0 spiro atoms. The molecule has 128 valence electrons. The molecule has 2 rings (SSSR count). The van der Waals surface area contributed by atoms with Crippen LogP contribution in [0.25, 0.3) is 0 Å². The van der Waals surface area contributed by atoms with Gasteiger partial charge in [0.25, 0.3) is 5.91 Å². The van der Waals surface area contributed by atoms with Gasteiger partial charge in [0.2, 0.25) is 0 Å². The van der Waals surface area contributed by atoms with Gasteiger partial charge in [-0.25, -0.2) is 0 Å². The van der Waals surface area contributed by atoms with E-state index in [0.717, 1.165) is 25.7 Å². The molecule has 0 saturated heterocycles. The molecule has 0 aromatic carbocycles. The van der Waals surface area contributed by atoms with Gasteiger partial charge < -0.3 is 14.1 Å². The fourth-order valence-electron chi connectivity index (χ4n) is 3.04. The Balaban J connectivity index is 2.09. The average Bonchev–Trinajstić information content (AvgIpc) is 2.79. The molecule has 1 aromatic rings. The van der Waals surface area contributed by atoms with Gasteiger partial charge in [-0.15, -0.1) is 0 Å². The highest BCUT2D eigenvalue weighted by atomic mass is 79.9. The van der Waals surface area contributed by atoms with Crippen LogP contribution in [0, 0.1) is 0 Å². The van der Waals surface area contributed by atoms with E-state index >= 15 is 0 Å². The van der Waals surface area contributed by atoms with Crippen LogP contribution in [0.5, 0.6) is 0 Å². The minimum Gasteiger partial charge on any atom is -0.466 e. The minimum absolute atomic E-state index is 0.146. The Labute approximate surface area is 145 Å². The molecule has 1 heterocycles. The first-order chi connectivity index (χ1) is 11.1. The van der Waals surface area contributed by atoms with E-state index in [1.165, 1.54) is 12.8 Å². The first kappa shape index (κ1) is 18.0. The second kappa shape index (κ2) is 9.11. The fraction of sp³-hybridized carbons (Fsp3) is 0.647. The third kappa shape index (κ3) is 5.37. The van der Waals surface area contributed by atoms with Crippen LogP contribution in [0.1, 0.15) is 62.4 Å². The van der Waals surface area contributed by atoms with Crippen molar-refractivity contribution in [1.29, 1.82) is 0 Å². The molecule has 1 fully saturated rings. The first-order valence-electron chi connectivity index (χ1n) is 8.33. The maximum Gasteiger partial charge on any atom is 0.307 e. The van der Waals surface area contributed by atoms with Crippen molar-refractivity contribution in [2.24, 2.45) is 0 Å². The van der Waals surface area contributed by atoms with E-state index in [1.807, 2.05) is 0 Å². The van der Waals surface area contributed by atoms with Gasteiger partial charge in [-0.2, -0.15) is 0 Å². The lowest BCUT2D eigenvalue weighted by atomic mass is 10.1. The maximum absolute atomic E-state index is 12.8. The van der Waals surface area contributed by atoms with Crippen LogP contribution in [0.15, 0.2) is 21.2 Å². The Kier molecular flexibility index (Phi) is 7.15. The van der Waals surface area contributed by atoms with Crippen molar-refractivity contribution >= 4 is 27.8 Å². The minimum atomic E-state index is -0.264. The van der Waals surface area contributed by atoms with E-state index in [9.17, 15) is 9.59 Å². The summed E-state index contributed by atoms with van der Waals surface area (Å²) in [5, 5.41) is 0. The molecule has 1 amide bonds. The largest absolute Gasteiger partial charge is 0.466 e. The van der Waals surface area contributed by atoms with Gasteiger partial charge in [-0.1, -0.05) is 25.7 Å². The topological polar surface area (TPSA) is 59.8 Å². The van der Waals surface area contributed by atoms with Gasteiger partial charge in [-0.05, 0) is 47.8 Å². The van der Waals surface area contributed by atoms with Crippen molar-refractivity contribution in [3.8, 4) is 0 Å². The van der Waals surface area contributed by atoms with Crippen LogP contribution < -0.4 is 0 Å². The van der Waals surface area contributed by atoms with Crippen molar-refractivity contribution in [3.63, 3.8) is 0 Å². The first-order valence-corrected chi connectivity index (χ1v) is 9.13. The molecule has 23 heavy (non-hydrogen) atoms. The van der Waals surface area contributed by atoms with Crippen LogP contribution in [0.3, 0.4) is 0 Å². The van der Waals surface area contributed by atoms with Gasteiger partial charge in [0.05, 0.1) is 13.0 Å². The van der Waals surface area contributed by atoms with Crippen molar-refractivity contribution in [2.75, 3.05) is 13.2 Å². The number of esters is 1. The van der Waals surface area contributed by atoms with Gasteiger partial charge in [-0.3, -0.25) is 9.59 Å². The molecular weight excluding hydrogens is 362 g/mol. The summed E-state index contributed by atoms with van der Waals surface area (Å²) in [6, 6.07) is 3.55. The molecule has 0 radical (unpaired) electrons. The summed E-state index contributed by atoms with van der Waals surface area (Å²) in [6.07, 6.45) is 6.85. The van der Waals surface area contributed by atoms with E-state index in [1.54, 1.807) is 24.0 Å². The summed E-state index contributed by atoms with van der Waals surface area (Å²) in [6.45, 7) is 2.52. The summed E-state index contributed by atoms with van der Waals surface area (Å²) in [5.74, 6) is -0.101. The quantitative estimate of drug-likeness (QED) is 0.544. The van der Waals surface area contributed by atoms with Gasteiger partial charge in [0, 0.05) is 12.6 Å². The van der Waals surface area contributed by atoms with E-state index in [-0.39, 0.29) is 24.3 Å². The zero-order valence-electron chi connectivity index (χ0n) is 13.6. The fourth-order valence-corrected chi connectivity index (χ4v) is 3.34. The predicted octanol–water partition coefficient (Wildman–Crippen LogP) is 4.16. The third-order valence-electron chi connectivity index (χ3n) is 4.17. The molecule has 0 bridgehead atoms. The molecule has 1 aromatic heterocycles. The number of ether oxygens (including phenoxy) is 1. The molecule has 0 aliphatic heterocycles. The summed E-state index contributed by atoms with van der Waals surface area (Å²) < 4.78 is 10.9. The molecule has 1 aliphatic rings. The van der Waals surface area contributed by atoms with E-state index in [2.05, 4.69) is 15.9 Å². The Morgan fingerprint density at radius 1 is 1.26 bits per heavy atom. The van der Waals surface area contributed by atoms with Gasteiger partial charge in [0.15, 0.2) is 10.4 Å². The molecular formula is C17H24BrNO4. The van der Waals surface area contributed by atoms with Crippen LogP contribution in [-0.4, -0.2) is 36.0 Å². The standard InChI is InChI=1S/C17H24BrNO4/c1-2-22-16(20)11-12-19(13-7-5-3-4-6-8-13)17(21)14-9-10-15(18)23-14/h9-10,13H,2-8,11-12H2,1H3. The maximum atomic E-state index is 12.8. The monoisotopic (exact) mass is 385 g/mol. The number of carbonyl (C=O) groups is 2. The van der Waals surface area contributed by atoms with Crippen LogP contribution >= 0.6 is 15.9 Å². The average molecular weight is 386 g/mol. The summed E-state index contributed by atoms with van der Waals surface area (Å²) in [5.41, 5.74) is 0. The molecule has 5 nitrogen and oxygen atoms in total. The second-order valence-corrected chi connectivity index (χ2v) is 6.58. The Morgan fingerprint density at radius 3 is 2.52 bits per heavy atom. The van der Waals surface area contributed by atoms with Crippen LogP contribution in [0.4, 0.5) is 0 Å². The Morgan fingerprint density at radius 2 is 1.96 bits per heavy atom. The molecule has 0 unspecified atom stereocenters. The Hall–Kier alpha value is -1.30. The van der Waals surface area contributed by atoms with Crippen molar-refractivity contribution < 1.29 is 18.7 Å². The molecule has 6 heteroatoms. The molecule has 0 atom stereocenters. The molecule has 1 saturated carbocycles. The highest BCUT2D eigenvalue weighted by molar-refractivity contribution is 9.10. The summed E-state index contributed by atoms with van der Waals surface area (Å²) in [4.78, 5) is 26.3. The zero-order valence-corrected chi connectivity index (χ0v) is 15.1. The highest BCUT2D eigenvalue weighted by Gasteiger charge is 2.28. The van der Waals surface area contributed by atoms with Gasteiger partial charge >= 0.3 is 5.97 Å². The Bertz CT molecular complexity index is 520. The lowest BCUT2D eigenvalue weighted by Gasteiger charge is -2.30. The number of amides is 1. The van der Waals surface area contributed by atoms with Gasteiger partial charge in [0.1, 0.15) is 0 Å². The lowest BCUT2D eigenvalue weighted by Crippen LogP contribution is -2.41. The van der Waals surface area contributed by atoms with E-state index in [0.29, 0.717) is 23.6 Å². The zero-order chi connectivity index (χ0) is 16.7. The SMILES string of the molecule is CCOC(=O)CCN(C(=O)c1ccc(Br)o1)C1CCCCCC1. The smallest absolute Gasteiger partial charge is 0.307 e. The number of carbonyl (C=O) groups excluding carboxylic acids is 2. The summed E-state index contributed by atoms with van der Waals surface area (Å²) >= 11 is 3.23. The van der Waals surface area contributed by atoms with Crippen molar-refractivity contribution in [1.82, 2.24) is 4.90 Å². The van der Waals surface area contributed by atoms with E-state index in [4.69, 9.17) is 9.15 Å². The van der Waals surface area contributed by atoms with Crippen molar-refractivity contribution in [3.05, 3.63) is 22.6 Å². The predicted molar refractivity (Wildman–Crippen MR) is 90.2 cm³/mol. The summed E-state index contributed by atoms with van der Waals surface area (Å²) in [7, 11) is 0. The molecule has 0 N–H and O–H groups in total. The van der Waals surface area contributed by atoms with Crippen molar-refractivity contribution in [2.45, 2.75) is 57.9 Å². The number of hydrogen-bond donors (Lipinski definition) is 0. The van der Waals surface area contributed by atoms with Crippen LogP contribution in [0.2, 0.25) is 0 Å². The second-order valence-electron chi connectivity index (χ2n) is 5.80.